The topological polar surface area (TPSA) is 95.3 Å². The second-order valence-corrected chi connectivity index (χ2v) is 8.15. The minimum Gasteiger partial charge on any atom is -0.490 e. The first-order chi connectivity index (χ1) is 12.6. The van der Waals surface area contributed by atoms with Crippen LogP contribution in [-0.4, -0.2) is 36.4 Å². The van der Waals surface area contributed by atoms with Gasteiger partial charge in [-0.2, -0.15) is 5.10 Å². The number of hydrogen-bond acceptors (Lipinski definition) is 6. The van der Waals surface area contributed by atoms with Gasteiger partial charge < -0.3 is 9.47 Å². The highest BCUT2D eigenvalue weighted by atomic mass is 32.2. The summed E-state index contributed by atoms with van der Waals surface area (Å²) in [4.78, 5) is 4.65. The van der Waals surface area contributed by atoms with Crippen molar-refractivity contribution in [1.29, 1.82) is 0 Å². The number of benzene rings is 1. The zero-order valence-corrected chi connectivity index (χ0v) is 15.5. The molecule has 0 radical (unpaired) electrons. The monoisotopic (exact) mass is 378 g/mol. The summed E-state index contributed by atoms with van der Waals surface area (Å²) >= 11 is 0. The van der Waals surface area contributed by atoms with E-state index in [2.05, 4.69) is 14.8 Å². The highest BCUT2D eigenvalue weighted by molar-refractivity contribution is 7.89. The first-order valence-electron chi connectivity index (χ1n) is 8.92. The van der Waals surface area contributed by atoms with Crippen molar-refractivity contribution < 1.29 is 17.9 Å². The molecule has 0 amide bonds. The summed E-state index contributed by atoms with van der Waals surface area (Å²) in [5, 5.41) is 4.42. The minimum absolute atomic E-state index is 0.161. The van der Waals surface area contributed by atoms with Crippen LogP contribution in [0.2, 0.25) is 0 Å². The smallest absolute Gasteiger partial charge is 0.241 e. The number of nitrogens with zero attached hydrogens (tertiary/aromatic N) is 3. The van der Waals surface area contributed by atoms with Gasteiger partial charge in [0.2, 0.25) is 10.0 Å². The molecule has 9 heteroatoms. The molecule has 1 atom stereocenters. The first-order valence-corrected chi connectivity index (χ1v) is 10.4. The minimum atomic E-state index is -3.71. The Morgan fingerprint density at radius 1 is 1.23 bits per heavy atom. The van der Waals surface area contributed by atoms with Gasteiger partial charge in [-0.05, 0) is 25.0 Å². The first kappa shape index (κ1) is 17.3. The molecule has 4 rings (SSSR count). The largest absolute Gasteiger partial charge is 0.490 e. The van der Waals surface area contributed by atoms with Crippen molar-refractivity contribution in [1.82, 2.24) is 19.5 Å². The van der Waals surface area contributed by atoms with Crippen LogP contribution in [-0.2, 0) is 23.0 Å². The normalized spacial score (nSPS) is 19.7. The number of rotatable bonds is 4. The third-order valence-corrected chi connectivity index (χ3v) is 6.03. The molecular formula is C17H22N4O4S. The number of aromatic nitrogens is 3. The molecule has 2 aliphatic heterocycles. The summed E-state index contributed by atoms with van der Waals surface area (Å²) in [6.07, 6.45) is 3.05. The Kier molecular flexibility index (Phi) is 4.58. The number of hydrogen-bond donors (Lipinski definition) is 1. The van der Waals surface area contributed by atoms with Crippen molar-refractivity contribution >= 4 is 10.0 Å². The molecule has 26 heavy (non-hydrogen) atoms. The van der Waals surface area contributed by atoms with E-state index in [1.807, 2.05) is 11.6 Å². The third kappa shape index (κ3) is 3.28. The molecule has 8 nitrogen and oxygen atoms in total. The van der Waals surface area contributed by atoms with Gasteiger partial charge >= 0.3 is 0 Å². The lowest BCUT2D eigenvalue weighted by Crippen LogP contribution is -2.33. The van der Waals surface area contributed by atoms with E-state index in [9.17, 15) is 8.42 Å². The second-order valence-electron chi connectivity index (χ2n) is 6.44. The Labute approximate surface area is 152 Å². The molecule has 2 aliphatic rings. The molecule has 2 aromatic rings. The van der Waals surface area contributed by atoms with Crippen molar-refractivity contribution in [3.63, 3.8) is 0 Å². The molecule has 0 spiro atoms. The fourth-order valence-corrected chi connectivity index (χ4v) is 4.47. The van der Waals surface area contributed by atoms with E-state index in [0.717, 1.165) is 31.6 Å². The van der Waals surface area contributed by atoms with Crippen LogP contribution in [0.15, 0.2) is 23.1 Å². The van der Waals surface area contributed by atoms with Crippen molar-refractivity contribution in [2.75, 3.05) is 13.2 Å². The fourth-order valence-electron chi connectivity index (χ4n) is 3.23. The number of fused-ring (bicyclic) bond motifs is 2. The lowest BCUT2D eigenvalue weighted by molar-refractivity contribution is 0.297. The Balaban J connectivity index is 1.60. The number of sulfonamides is 1. The highest BCUT2D eigenvalue weighted by Gasteiger charge is 2.29. The molecule has 0 aliphatic carbocycles. The lowest BCUT2D eigenvalue weighted by Gasteiger charge is -2.23. The average molecular weight is 378 g/mol. The van der Waals surface area contributed by atoms with Gasteiger partial charge in [-0.15, -0.1) is 0 Å². The molecule has 0 unspecified atom stereocenters. The van der Waals surface area contributed by atoms with Crippen LogP contribution in [0, 0.1) is 0 Å². The molecule has 0 bridgehead atoms. The molecule has 0 saturated carbocycles. The Morgan fingerprint density at radius 3 is 2.85 bits per heavy atom. The van der Waals surface area contributed by atoms with Gasteiger partial charge in [0.05, 0.1) is 24.2 Å². The molecule has 3 heterocycles. The van der Waals surface area contributed by atoms with E-state index in [1.165, 1.54) is 6.07 Å². The number of ether oxygens (including phenoxy) is 2. The summed E-state index contributed by atoms with van der Waals surface area (Å²) in [7, 11) is -3.71. The maximum atomic E-state index is 12.9. The standard InChI is InChI=1S/C17H22N4O4S/c1-2-16-18-17-13(5-3-8-21(17)19-16)20-26(22,23)12-6-7-14-15(11-12)25-10-4-9-24-14/h6-7,11,13,20H,2-5,8-10H2,1H3/t13-/m1/s1. The SMILES string of the molecule is CCc1nc2n(n1)CCC[C@H]2NS(=O)(=O)c1ccc2c(c1)OCCCO2. The maximum Gasteiger partial charge on any atom is 0.241 e. The van der Waals surface area contributed by atoms with Crippen LogP contribution in [0.25, 0.3) is 0 Å². The average Bonchev–Trinajstić information content (AvgIpc) is 2.92. The van der Waals surface area contributed by atoms with Crippen LogP contribution >= 0.6 is 0 Å². The van der Waals surface area contributed by atoms with E-state index in [0.29, 0.717) is 37.0 Å². The maximum absolute atomic E-state index is 12.9. The lowest BCUT2D eigenvalue weighted by atomic mass is 10.1. The van der Waals surface area contributed by atoms with Crippen LogP contribution < -0.4 is 14.2 Å². The van der Waals surface area contributed by atoms with Gasteiger partial charge in [0.1, 0.15) is 5.82 Å². The quantitative estimate of drug-likeness (QED) is 0.872. The van der Waals surface area contributed by atoms with Gasteiger partial charge in [-0.3, -0.25) is 0 Å². The summed E-state index contributed by atoms with van der Waals surface area (Å²) in [6, 6.07) is 4.33. The zero-order chi connectivity index (χ0) is 18.1. The summed E-state index contributed by atoms with van der Waals surface area (Å²) < 4.78 is 41.5. The summed E-state index contributed by atoms with van der Waals surface area (Å²) in [5.74, 6) is 2.46. The summed E-state index contributed by atoms with van der Waals surface area (Å²) in [5.41, 5.74) is 0. The van der Waals surface area contributed by atoms with Crippen LogP contribution in [0.4, 0.5) is 0 Å². The van der Waals surface area contributed by atoms with Crippen LogP contribution in [0.3, 0.4) is 0 Å². The van der Waals surface area contributed by atoms with E-state index in [1.54, 1.807) is 12.1 Å². The van der Waals surface area contributed by atoms with Crippen molar-refractivity contribution in [2.24, 2.45) is 0 Å². The van der Waals surface area contributed by atoms with Gasteiger partial charge in [-0.25, -0.2) is 22.8 Å². The van der Waals surface area contributed by atoms with Gasteiger partial charge in [0.15, 0.2) is 17.3 Å². The van der Waals surface area contributed by atoms with Gasteiger partial charge in [0, 0.05) is 25.5 Å². The number of aryl methyl sites for hydroxylation is 2. The highest BCUT2D eigenvalue weighted by Crippen LogP contribution is 2.33. The van der Waals surface area contributed by atoms with E-state index >= 15 is 0 Å². The molecule has 0 fully saturated rings. The van der Waals surface area contributed by atoms with Gasteiger partial charge in [0.25, 0.3) is 0 Å². The van der Waals surface area contributed by atoms with Crippen LogP contribution in [0.5, 0.6) is 11.5 Å². The van der Waals surface area contributed by atoms with Crippen molar-refractivity contribution in [3.8, 4) is 11.5 Å². The van der Waals surface area contributed by atoms with E-state index < -0.39 is 10.0 Å². The molecule has 1 N–H and O–H groups in total. The van der Waals surface area contributed by atoms with E-state index in [-0.39, 0.29) is 10.9 Å². The molecular weight excluding hydrogens is 356 g/mol. The van der Waals surface area contributed by atoms with Gasteiger partial charge in [-0.1, -0.05) is 6.92 Å². The van der Waals surface area contributed by atoms with Crippen LogP contribution in [0.1, 0.15) is 43.9 Å². The Morgan fingerprint density at radius 2 is 2.04 bits per heavy atom. The Hall–Kier alpha value is -2.13. The second kappa shape index (κ2) is 6.88. The molecule has 140 valence electrons. The molecule has 1 aromatic heterocycles. The predicted molar refractivity (Wildman–Crippen MR) is 93.7 cm³/mol. The Bertz CT molecular complexity index is 909. The number of nitrogens with one attached hydrogen (secondary N) is 1. The molecule has 1 aromatic carbocycles. The van der Waals surface area contributed by atoms with Crippen molar-refractivity contribution in [3.05, 3.63) is 29.8 Å². The zero-order valence-electron chi connectivity index (χ0n) is 14.6. The van der Waals surface area contributed by atoms with E-state index in [4.69, 9.17) is 9.47 Å². The van der Waals surface area contributed by atoms with Crippen molar-refractivity contribution in [2.45, 2.75) is 50.1 Å². The summed E-state index contributed by atoms with van der Waals surface area (Å²) in [6.45, 7) is 3.83. The predicted octanol–water partition coefficient (Wildman–Crippen LogP) is 1.82. The molecule has 0 saturated heterocycles. The third-order valence-electron chi connectivity index (χ3n) is 4.56. The fraction of sp³-hybridized carbons (Fsp3) is 0.529.